The van der Waals surface area contributed by atoms with Gasteiger partial charge >= 0.3 is 83.0 Å². The van der Waals surface area contributed by atoms with E-state index >= 15 is 0 Å². The number of phosphoric ester groups is 2. The van der Waals surface area contributed by atoms with Gasteiger partial charge < -0.3 is 65.8 Å². The van der Waals surface area contributed by atoms with E-state index in [-0.39, 0.29) is 96.0 Å². The summed E-state index contributed by atoms with van der Waals surface area (Å²) in [4.78, 5) is 88.8. The van der Waals surface area contributed by atoms with E-state index in [0.717, 1.165) is 108 Å². The first-order chi connectivity index (χ1) is 46.9. The van der Waals surface area contributed by atoms with Crippen molar-refractivity contribution < 1.29 is 153 Å². The van der Waals surface area contributed by atoms with Crippen molar-refractivity contribution in [2.75, 3.05) is 53.9 Å². The molecule has 3 aromatic rings. The van der Waals surface area contributed by atoms with Gasteiger partial charge in [0.25, 0.3) is 15.6 Å². The molecule has 21 nitrogen and oxygen atoms in total. The van der Waals surface area contributed by atoms with Gasteiger partial charge in [-0.3, -0.25) is 33.1 Å². The van der Waals surface area contributed by atoms with E-state index in [4.69, 9.17) is 50.9 Å². The Bertz CT molecular complexity index is 2580. The molecule has 3 rings (SSSR count). The van der Waals surface area contributed by atoms with Gasteiger partial charge in [0.05, 0.1) is 46.0 Å². The zero-order valence-electron chi connectivity index (χ0n) is 61.9. The molecule has 0 fully saturated rings. The molecular weight excluding hydrogens is 1330 g/mol. The van der Waals surface area contributed by atoms with Crippen LogP contribution in [0.5, 0.6) is 11.5 Å². The number of aliphatic hydroxyl groups is 1. The second kappa shape index (κ2) is 62.7. The number of hydrogen-bond donors (Lipinski definition) is 1. The molecule has 4 unspecified atom stereocenters. The van der Waals surface area contributed by atoms with Crippen molar-refractivity contribution >= 4 is 50.5 Å². The van der Waals surface area contributed by atoms with E-state index in [2.05, 4.69) is 27.7 Å². The summed E-state index contributed by atoms with van der Waals surface area (Å²) in [5.74, 6) is -1.12. The summed E-state index contributed by atoms with van der Waals surface area (Å²) in [6.45, 7) is 4.36. The molecule has 99 heavy (non-hydrogen) atoms. The monoisotopic (exact) mass is 1450 g/mol. The third-order valence-electron chi connectivity index (χ3n) is 16.4. The summed E-state index contributed by atoms with van der Waals surface area (Å²) >= 11 is 0. The van der Waals surface area contributed by atoms with Crippen molar-refractivity contribution in [2.45, 2.75) is 303 Å². The number of benzene rings is 2. The average Bonchev–Trinajstić information content (AvgIpc) is 0.772. The van der Waals surface area contributed by atoms with Gasteiger partial charge in [-0.25, -0.2) is 0 Å². The first kappa shape index (κ1) is 96.3. The number of aliphatic hydroxyl groups excluding tert-OH is 1. The molecule has 0 saturated heterocycles. The Labute approximate surface area is 637 Å². The molecule has 1 N–H and O–H groups in total. The number of unbranched alkanes of at least 4 members (excludes halogenated alkanes) is 32. The molecule has 0 spiro atoms. The summed E-state index contributed by atoms with van der Waals surface area (Å²) in [5, 5.41) is 10.9. The standard InChI is InChI=1S/C57H110O17P2.C17H14O4.2Na/c1-5-9-13-17-21-25-29-33-37-41-54(59)67-47-52(73-56(61)43-39-35-31-27-23-19-15-11-7-3)49-71-75(63,64)69-45-51(58)46-70-76(65,66)72-50-53(74-57(62)44-40-36-32-28-24-20-16-12-8-4)48-68-55(60)42-38-34-30-26-22-18-14-10-6-2;1-19-13-10-6-9-12-14(18)17(20-2)15(21-16(12)13)11-7-4-3-5-8-11;;/h51-53,58H,5-50H2,1-4H3,(H,63,64)(H,65,66);3-10H,1-2H3;;/q;;2*+1/p-2. The van der Waals surface area contributed by atoms with Gasteiger partial charge in [0.2, 0.25) is 11.2 Å². The predicted molar refractivity (Wildman–Crippen MR) is 375 cm³/mol. The van der Waals surface area contributed by atoms with E-state index in [1.54, 1.807) is 25.3 Å². The minimum Gasteiger partial charge on any atom is -0.756 e. The van der Waals surface area contributed by atoms with Gasteiger partial charge in [0.1, 0.15) is 19.3 Å². The third kappa shape index (κ3) is 49.6. The van der Waals surface area contributed by atoms with Crippen molar-refractivity contribution in [2.24, 2.45) is 0 Å². The van der Waals surface area contributed by atoms with Crippen molar-refractivity contribution in [3.05, 3.63) is 58.8 Å². The van der Waals surface area contributed by atoms with Gasteiger partial charge in [0.15, 0.2) is 29.3 Å². The van der Waals surface area contributed by atoms with Crippen LogP contribution in [0.15, 0.2) is 57.7 Å². The van der Waals surface area contributed by atoms with E-state index in [1.165, 1.54) is 110 Å². The second-order valence-electron chi connectivity index (χ2n) is 25.1. The van der Waals surface area contributed by atoms with E-state index in [9.17, 15) is 48.0 Å². The van der Waals surface area contributed by atoms with E-state index < -0.39 is 97.5 Å². The molecule has 25 heteroatoms. The molecule has 0 bridgehead atoms. The van der Waals surface area contributed by atoms with Crippen LogP contribution >= 0.6 is 15.6 Å². The van der Waals surface area contributed by atoms with Gasteiger partial charge in [0, 0.05) is 31.2 Å². The number of esters is 4. The van der Waals surface area contributed by atoms with Crippen LogP contribution in [0.3, 0.4) is 0 Å². The predicted octanol–water partition coefficient (Wildman–Crippen LogP) is 11.4. The molecule has 0 amide bonds. The van der Waals surface area contributed by atoms with Crippen LogP contribution in [0, 0.1) is 0 Å². The zero-order chi connectivity index (χ0) is 71.0. The van der Waals surface area contributed by atoms with Crippen LogP contribution in [0.25, 0.3) is 22.3 Å². The van der Waals surface area contributed by atoms with E-state index in [0.29, 0.717) is 48.2 Å². The molecule has 1 heterocycles. The smallest absolute Gasteiger partial charge is 0.756 e. The minimum absolute atomic E-state index is 0. The number of phosphoric acid groups is 2. The Hall–Kier alpha value is -2.69. The molecule has 2 aromatic carbocycles. The number of ether oxygens (including phenoxy) is 6. The SMILES string of the molecule is CCCCCCCCCCCC(=O)OCC(COP(=O)([O-])OCC(O)COP(=O)([O-])OCC(COC(=O)CCCCCCCCCCC)OC(=O)CCCCCCCCCCC)OC(=O)CCCCCCCCCCC.COc1c(-c2ccccc2)oc2c(OC)cccc2c1=O.[Na+].[Na+]. The summed E-state index contributed by atoms with van der Waals surface area (Å²) in [7, 11) is -7.39. The molecular formula is C74H122Na2O21P2. The molecule has 0 saturated carbocycles. The third-order valence-corrected chi connectivity index (χ3v) is 18.2. The van der Waals surface area contributed by atoms with Crippen molar-refractivity contribution in [1.82, 2.24) is 0 Å². The Morgan fingerprint density at radius 1 is 0.424 bits per heavy atom. The summed E-state index contributed by atoms with van der Waals surface area (Å²) in [5.41, 5.74) is 0.986. The van der Waals surface area contributed by atoms with Crippen LogP contribution in [-0.4, -0.2) is 101 Å². The van der Waals surface area contributed by atoms with Crippen LogP contribution in [0.4, 0.5) is 0 Å². The van der Waals surface area contributed by atoms with Crippen LogP contribution in [-0.2, 0) is 65.4 Å². The second-order valence-corrected chi connectivity index (χ2v) is 28.0. The molecule has 4 atom stereocenters. The summed E-state index contributed by atoms with van der Waals surface area (Å²) in [6.07, 6.45) is 34.2. The maximum absolute atomic E-state index is 12.8. The Balaban J connectivity index is 0.00000348. The molecule has 0 radical (unpaired) electrons. The molecule has 0 aliphatic heterocycles. The topological polar surface area (TPSA) is 291 Å². The number of para-hydroxylation sites is 1. The van der Waals surface area contributed by atoms with Crippen molar-refractivity contribution in [3.8, 4) is 22.8 Å². The largest absolute Gasteiger partial charge is 1.00 e. The summed E-state index contributed by atoms with van der Waals surface area (Å²) in [6, 6.07) is 14.6. The molecule has 0 aliphatic carbocycles. The van der Waals surface area contributed by atoms with Gasteiger partial charge in [-0.15, -0.1) is 0 Å². The molecule has 0 aliphatic rings. The minimum atomic E-state index is -5.20. The molecule has 1 aromatic heterocycles. The first-order valence-corrected chi connectivity index (χ1v) is 39.7. The number of hydrogen-bond acceptors (Lipinski definition) is 21. The van der Waals surface area contributed by atoms with E-state index in [1.807, 2.05) is 30.3 Å². The van der Waals surface area contributed by atoms with Crippen LogP contribution in [0.1, 0.15) is 285 Å². The van der Waals surface area contributed by atoms with Crippen molar-refractivity contribution in [1.29, 1.82) is 0 Å². The van der Waals surface area contributed by atoms with Gasteiger partial charge in [-0.1, -0.05) is 270 Å². The first-order valence-electron chi connectivity index (χ1n) is 36.7. The fourth-order valence-electron chi connectivity index (χ4n) is 10.7. The number of methoxy groups -OCH3 is 2. The Morgan fingerprint density at radius 3 is 1.08 bits per heavy atom. The average molecular weight is 1460 g/mol. The van der Waals surface area contributed by atoms with Gasteiger partial charge in [-0.2, -0.15) is 0 Å². The van der Waals surface area contributed by atoms with Crippen LogP contribution in [0.2, 0.25) is 0 Å². The fraction of sp³-hybridized carbons (Fsp3) is 0.743. The number of fused-ring (bicyclic) bond motifs is 1. The summed E-state index contributed by atoms with van der Waals surface area (Å²) < 4.78 is 83.1. The zero-order valence-corrected chi connectivity index (χ0v) is 67.7. The molecule has 556 valence electrons. The maximum atomic E-state index is 12.8. The number of rotatable bonds is 61. The Kier molecular flexibility index (Phi) is 61.0. The quantitative estimate of drug-likeness (QED) is 0.0181. The van der Waals surface area contributed by atoms with Crippen LogP contribution < -0.4 is 83.8 Å². The Morgan fingerprint density at radius 2 is 0.747 bits per heavy atom. The number of carbonyl (C=O) groups is 4. The fourth-order valence-corrected chi connectivity index (χ4v) is 12.2. The van der Waals surface area contributed by atoms with Crippen molar-refractivity contribution in [3.63, 3.8) is 0 Å². The van der Waals surface area contributed by atoms with Gasteiger partial charge in [-0.05, 0) is 37.8 Å². The normalized spacial score (nSPS) is 13.3. The number of carbonyl (C=O) groups excluding carboxylic acids is 4. The maximum Gasteiger partial charge on any atom is 1.00 e.